The number of hydrogen-bond donors (Lipinski definition) is 0. The lowest BCUT2D eigenvalue weighted by Gasteiger charge is -2.09. The van der Waals surface area contributed by atoms with E-state index in [1.807, 2.05) is 35.2 Å². The van der Waals surface area contributed by atoms with Crippen molar-refractivity contribution < 1.29 is 4.79 Å². The summed E-state index contributed by atoms with van der Waals surface area (Å²) in [5.74, 6) is 6.41. The van der Waals surface area contributed by atoms with Crippen LogP contribution in [0.2, 0.25) is 0 Å². The average Bonchev–Trinajstić information content (AvgIpc) is 2.84. The number of nitrogens with zero attached hydrogens (tertiary/aromatic N) is 2. The van der Waals surface area contributed by atoms with Gasteiger partial charge >= 0.3 is 0 Å². The van der Waals surface area contributed by atoms with Gasteiger partial charge in [-0.05, 0) is 30.7 Å². The fourth-order valence-electron chi connectivity index (χ4n) is 2.26. The van der Waals surface area contributed by atoms with Crippen molar-refractivity contribution in [2.45, 2.75) is 12.8 Å². The minimum absolute atomic E-state index is 0.219. The number of pyridine rings is 1. The maximum absolute atomic E-state index is 11.4. The lowest BCUT2D eigenvalue weighted by molar-refractivity contribution is -0.127. The molecule has 94 valence electrons. The molecule has 0 N–H and O–H groups in total. The molecule has 0 spiro atoms. The second-order valence-corrected chi connectivity index (χ2v) is 4.63. The Balaban J connectivity index is 1.76. The zero-order valence-corrected chi connectivity index (χ0v) is 10.6. The molecule has 1 fully saturated rings. The number of likely N-dealkylation sites (tertiary alicyclic amines) is 1. The summed E-state index contributed by atoms with van der Waals surface area (Å²) in [6.07, 6.45) is 3.41. The summed E-state index contributed by atoms with van der Waals surface area (Å²) in [6, 6.07) is 9.91. The van der Waals surface area contributed by atoms with Crippen LogP contribution in [0, 0.1) is 11.8 Å². The van der Waals surface area contributed by atoms with Crippen LogP contribution in [0.1, 0.15) is 18.4 Å². The van der Waals surface area contributed by atoms with Crippen molar-refractivity contribution in [3.05, 3.63) is 42.1 Å². The van der Waals surface area contributed by atoms with E-state index in [1.54, 1.807) is 6.20 Å². The van der Waals surface area contributed by atoms with Crippen molar-refractivity contribution >= 4 is 16.8 Å². The van der Waals surface area contributed by atoms with Gasteiger partial charge < -0.3 is 4.90 Å². The van der Waals surface area contributed by atoms with Crippen molar-refractivity contribution in [3.63, 3.8) is 0 Å². The second kappa shape index (κ2) is 5.11. The maximum Gasteiger partial charge on any atom is 0.223 e. The molecule has 3 nitrogen and oxygen atoms in total. The summed E-state index contributed by atoms with van der Waals surface area (Å²) in [6.45, 7) is 1.37. The lowest BCUT2D eigenvalue weighted by Crippen LogP contribution is -2.24. The fraction of sp³-hybridized carbons (Fsp3) is 0.250. The van der Waals surface area contributed by atoms with Crippen molar-refractivity contribution in [1.82, 2.24) is 9.88 Å². The van der Waals surface area contributed by atoms with E-state index in [2.05, 4.69) is 16.8 Å². The Labute approximate surface area is 112 Å². The standard InChI is InChI=1S/C16H14N2O/c19-16-6-3-11-18(16)10-2-4-13-7-8-15-14(12-13)5-1-9-17-15/h1,5,7-9,12H,3,6,10-11H2. The van der Waals surface area contributed by atoms with E-state index >= 15 is 0 Å². The summed E-state index contributed by atoms with van der Waals surface area (Å²) < 4.78 is 0. The van der Waals surface area contributed by atoms with E-state index in [0.29, 0.717) is 13.0 Å². The summed E-state index contributed by atoms with van der Waals surface area (Å²) in [7, 11) is 0. The Morgan fingerprint density at radius 1 is 1.32 bits per heavy atom. The van der Waals surface area contributed by atoms with Crippen LogP contribution in [-0.2, 0) is 4.79 Å². The third-order valence-corrected chi connectivity index (χ3v) is 3.28. The van der Waals surface area contributed by atoms with E-state index in [4.69, 9.17) is 0 Å². The molecular formula is C16H14N2O. The topological polar surface area (TPSA) is 33.2 Å². The number of carbonyl (C=O) groups is 1. The zero-order valence-electron chi connectivity index (χ0n) is 10.6. The molecule has 0 saturated carbocycles. The molecule has 0 radical (unpaired) electrons. The van der Waals surface area contributed by atoms with Gasteiger partial charge in [0, 0.05) is 30.1 Å². The predicted octanol–water partition coefficient (Wildman–Crippen LogP) is 2.21. The number of fused-ring (bicyclic) bond motifs is 1. The number of hydrogen-bond acceptors (Lipinski definition) is 2. The summed E-state index contributed by atoms with van der Waals surface area (Å²) in [5, 5.41) is 1.09. The molecule has 1 saturated heterocycles. The quantitative estimate of drug-likeness (QED) is 0.727. The number of benzene rings is 1. The van der Waals surface area contributed by atoms with Gasteiger partial charge in [-0.15, -0.1) is 0 Å². The number of carbonyl (C=O) groups excluding carboxylic acids is 1. The molecule has 1 aromatic heterocycles. The summed E-state index contributed by atoms with van der Waals surface area (Å²) in [5.41, 5.74) is 1.94. The van der Waals surface area contributed by atoms with Gasteiger partial charge in [-0.1, -0.05) is 17.9 Å². The average molecular weight is 250 g/mol. The highest BCUT2D eigenvalue weighted by molar-refractivity contribution is 5.80. The first-order chi connectivity index (χ1) is 9.33. The molecule has 1 aromatic carbocycles. The monoisotopic (exact) mass is 250 g/mol. The van der Waals surface area contributed by atoms with E-state index in [1.165, 1.54) is 0 Å². The first-order valence-electron chi connectivity index (χ1n) is 6.44. The first kappa shape index (κ1) is 11.7. The molecule has 0 atom stereocenters. The van der Waals surface area contributed by atoms with Gasteiger partial charge in [0.2, 0.25) is 5.91 Å². The Morgan fingerprint density at radius 3 is 3.11 bits per heavy atom. The van der Waals surface area contributed by atoms with E-state index in [-0.39, 0.29) is 5.91 Å². The molecule has 3 rings (SSSR count). The van der Waals surface area contributed by atoms with E-state index < -0.39 is 0 Å². The Bertz CT molecular complexity index is 682. The first-order valence-corrected chi connectivity index (χ1v) is 6.44. The fourth-order valence-corrected chi connectivity index (χ4v) is 2.26. The zero-order chi connectivity index (χ0) is 13.1. The van der Waals surface area contributed by atoms with Crippen LogP contribution >= 0.6 is 0 Å². The Kier molecular flexibility index (Phi) is 3.16. The van der Waals surface area contributed by atoms with Crippen LogP contribution in [0.5, 0.6) is 0 Å². The van der Waals surface area contributed by atoms with E-state index in [0.717, 1.165) is 29.4 Å². The molecule has 2 aromatic rings. The Hall–Kier alpha value is -2.34. The van der Waals surface area contributed by atoms with Gasteiger partial charge in [0.25, 0.3) is 0 Å². The highest BCUT2D eigenvalue weighted by Crippen LogP contribution is 2.12. The van der Waals surface area contributed by atoms with Crippen LogP contribution in [0.15, 0.2) is 36.5 Å². The molecule has 0 bridgehead atoms. The van der Waals surface area contributed by atoms with Gasteiger partial charge in [-0.3, -0.25) is 9.78 Å². The van der Waals surface area contributed by atoms with Crippen LogP contribution < -0.4 is 0 Å². The number of rotatable bonds is 1. The van der Waals surface area contributed by atoms with Crippen LogP contribution in [0.25, 0.3) is 10.9 Å². The van der Waals surface area contributed by atoms with Gasteiger partial charge in [-0.25, -0.2) is 0 Å². The third-order valence-electron chi connectivity index (χ3n) is 3.28. The molecule has 1 aliphatic rings. The molecule has 2 heterocycles. The third kappa shape index (κ3) is 2.58. The van der Waals surface area contributed by atoms with Crippen molar-refractivity contribution in [3.8, 4) is 11.8 Å². The van der Waals surface area contributed by atoms with Crippen molar-refractivity contribution in [2.24, 2.45) is 0 Å². The van der Waals surface area contributed by atoms with Crippen molar-refractivity contribution in [1.29, 1.82) is 0 Å². The van der Waals surface area contributed by atoms with Gasteiger partial charge in [0.05, 0.1) is 12.1 Å². The molecular weight excluding hydrogens is 236 g/mol. The molecule has 1 amide bonds. The molecule has 1 aliphatic heterocycles. The molecule has 0 aliphatic carbocycles. The SMILES string of the molecule is O=C1CCCN1CC#Cc1ccc2ncccc2c1. The summed E-state index contributed by atoms with van der Waals surface area (Å²) >= 11 is 0. The minimum atomic E-state index is 0.219. The minimum Gasteiger partial charge on any atom is -0.332 e. The van der Waals surface area contributed by atoms with Crippen LogP contribution in [-0.4, -0.2) is 28.9 Å². The highest BCUT2D eigenvalue weighted by Gasteiger charge is 2.18. The lowest BCUT2D eigenvalue weighted by atomic mass is 10.1. The van der Waals surface area contributed by atoms with Gasteiger partial charge in [0.1, 0.15) is 0 Å². The predicted molar refractivity (Wildman–Crippen MR) is 74.4 cm³/mol. The second-order valence-electron chi connectivity index (χ2n) is 4.63. The van der Waals surface area contributed by atoms with Crippen molar-refractivity contribution in [2.75, 3.05) is 13.1 Å². The number of amides is 1. The Morgan fingerprint density at radius 2 is 2.26 bits per heavy atom. The molecule has 19 heavy (non-hydrogen) atoms. The van der Waals surface area contributed by atoms with Crippen LogP contribution in [0.3, 0.4) is 0 Å². The summed E-state index contributed by atoms with van der Waals surface area (Å²) in [4.78, 5) is 17.5. The maximum atomic E-state index is 11.4. The van der Waals surface area contributed by atoms with E-state index in [9.17, 15) is 4.79 Å². The van der Waals surface area contributed by atoms with Gasteiger partial charge in [0.15, 0.2) is 0 Å². The number of aromatic nitrogens is 1. The van der Waals surface area contributed by atoms with Crippen LogP contribution in [0.4, 0.5) is 0 Å². The van der Waals surface area contributed by atoms with Gasteiger partial charge in [-0.2, -0.15) is 0 Å². The smallest absolute Gasteiger partial charge is 0.223 e. The molecule has 3 heteroatoms. The normalized spacial score (nSPS) is 14.5. The molecule has 0 unspecified atom stereocenters. The largest absolute Gasteiger partial charge is 0.332 e. The highest BCUT2D eigenvalue weighted by atomic mass is 16.2.